The molecule has 0 saturated heterocycles. The SMILES string of the molecule is Clc1ccccc1C1Nc2c(Cl)ncnc2-n2c1cc1ccccc12. The Morgan fingerprint density at radius 1 is 0.960 bits per heavy atom. The quantitative estimate of drug-likeness (QED) is 0.468. The van der Waals surface area contributed by atoms with Gasteiger partial charge in [0, 0.05) is 10.4 Å². The Kier molecular flexibility index (Phi) is 3.23. The fraction of sp³-hybridized carbons (Fsp3) is 0.0526. The van der Waals surface area contributed by atoms with Crippen molar-refractivity contribution in [3.05, 3.63) is 82.4 Å². The highest BCUT2D eigenvalue weighted by atomic mass is 35.5. The van der Waals surface area contributed by atoms with Crippen LogP contribution in [0.3, 0.4) is 0 Å². The van der Waals surface area contributed by atoms with Crippen LogP contribution in [0, 0.1) is 0 Å². The van der Waals surface area contributed by atoms with Crippen molar-refractivity contribution in [3.63, 3.8) is 0 Å². The van der Waals surface area contributed by atoms with Crippen molar-refractivity contribution in [2.45, 2.75) is 6.04 Å². The van der Waals surface area contributed by atoms with Crippen LogP contribution in [0.5, 0.6) is 0 Å². The van der Waals surface area contributed by atoms with Gasteiger partial charge in [-0.1, -0.05) is 59.6 Å². The maximum atomic E-state index is 6.48. The number of aromatic nitrogens is 3. The Balaban J connectivity index is 1.87. The van der Waals surface area contributed by atoms with Crippen molar-refractivity contribution in [1.29, 1.82) is 0 Å². The zero-order chi connectivity index (χ0) is 17.0. The third-order valence-electron chi connectivity index (χ3n) is 4.53. The average molecular weight is 367 g/mol. The lowest BCUT2D eigenvalue weighted by Gasteiger charge is -2.29. The van der Waals surface area contributed by atoms with Gasteiger partial charge in [0.05, 0.1) is 17.3 Å². The molecule has 0 saturated carbocycles. The molecule has 0 bridgehead atoms. The maximum absolute atomic E-state index is 6.48. The Bertz CT molecular complexity index is 1120. The van der Waals surface area contributed by atoms with Crippen molar-refractivity contribution in [2.75, 3.05) is 5.32 Å². The highest BCUT2D eigenvalue weighted by Crippen LogP contribution is 2.43. The molecule has 0 spiro atoms. The normalized spacial score (nSPS) is 15.5. The van der Waals surface area contributed by atoms with E-state index in [4.69, 9.17) is 23.2 Å². The molecule has 0 amide bonds. The third kappa shape index (κ3) is 2.15. The number of nitrogens with zero attached hydrogens (tertiary/aromatic N) is 3. The fourth-order valence-corrected chi connectivity index (χ4v) is 3.87. The lowest BCUT2D eigenvalue weighted by Crippen LogP contribution is -2.24. The van der Waals surface area contributed by atoms with Gasteiger partial charge in [-0.05, 0) is 23.8 Å². The summed E-state index contributed by atoms with van der Waals surface area (Å²) in [4.78, 5) is 8.59. The number of para-hydroxylation sites is 1. The molecule has 0 fully saturated rings. The average Bonchev–Trinajstić information content (AvgIpc) is 3.02. The van der Waals surface area contributed by atoms with Crippen LogP contribution >= 0.6 is 23.2 Å². The van der Waals surface area contributed by atoms with Crippen molar-refractivity contribution >= 4 is 39.8 Å². The van der Waals surface area contributed by atoms with Crippen molar-refractivity contribution in [3.8, 4) is 5.82 Å². The topological polar surface area (TPSA) is 42.7 Å². The second kappa shape index (κ2) is 5.48. The third-order valence-corrected chi connectivity index (χ3v) is 5.16. The van der Waals surface area contributed by atoms with Gasteiger partial charge in [0.25, 0.3) is 0 Å². The van der Waals surface area contributed by atoms with Gasteiger partial charge in [-0.15, -0.1) is 0 Å². The van der Waals surface area contributed by atoms with Gasteiger partial charge in [-0.2, -0.15) is 0 Å². The molecule has 0 aliphatic carbocycles. The lowest BCUT2D eigenvalue weighted by atomic mass is 10.0. The standard InChI is InChI=1S/C19H12Cl2N4/c20-13-7-3-2-6-12(13)16-15-9-11-5-1-4-8-14(11)25(15)19-17(24-16)18(21)22-10-23-19/h1-10,16,24H. The Morgan fingerprint density at radius 3 is 2.64 bits per heavy atom. The molecule has 2 aromatic heterocycles. The summed E-state index contributed by atoms with van der Waals surface area (Å²) in [5.41, 5.74) is 3.84. The van der Waals surface area contributed by atoms with E-state index < -0.39 is 0 Å². The van der Waals surface area contributed by atoms with E-state index in [1.54, 1.807) is 0 Å². The summed E-state index contributed by atoms with van der Waals surface area (Å²) < 4.78 is 2.13. The van der Waals surface area contributed by atoms with E-state index in [-0.39, 0.29) is 6.04 Å². The van der Waals surface area contributed by atoms with E-state index in [2.05, 4.69) is 38.1 Å². The Hall–Kier alpha value is -2.56. The first-order valence-electron chi connectivity index (χ1n) is 7.86. The summed E-state index contributed by atoms with van der Waals surface area (Å²) in [6, 6.07) is 18.1. The summed E-state index contributed by atoms with van der Waals surface area (Å²) in [7, 11) is 0. The molecule has 1 aliphatic heterocycles. The molecule has 1 aliphatic rings. The van der Waals surface area contributed by atoms with Crippen LogP contribution in [-0.4, -0.2) is 14.5 Å². The fourth-order valence-electron chi connectivity index (χ4n) is 3.44. The maximum Gasteiger partial charge on any atom is 0.165 e. The van der Waals surface area contributed by atoms with E-state index in [1.165, 1.54) is 6.33 Å². The first-order chi connectivity index (χ1) is 12.2. The van der Waals surface area contributed by atoms with Gasteiger partial charge in [0.15, 0.2) is 11.0 Å². The van der Waals surface area contributed by atoms with Gasteiger partial charge in [0.2, 0.25) is 0 Å². The van der Waals surface area contributed by atoms with Crippen LogP contribution < -0.4 is 5.32 Å². The highest BCUT2D eigenvalue weighted by molar-refractivity contribution is 6.32. The molecule has 5 rings (SSSR count). The molecule has 2 aromatic carbocycles. The van der Waals surface area contributed by atoms with Gasteiger partial charge in [0.1, 0.15) is 12.0 Å². The lowest BCUT2D eigenvalue weighted by molar-refractivity contribution is 0.799. The van der Waals surface area contributed by atoms with Gasteiger partial charge in [-0.25, -0.2) is 9.97 Å². The first-order valence-corrected chi connectivity index (χ1v) is 8.62. The molecular weight excluding hydrogens is 355 g/mol. The smallest absolute Gasteiger partial charge is 0.165 e. The summed E-state index contributed by atoms with van der Waals surface area (Å²) >= 11 is 12.8. The predicted octanol–water partition coefficient (Wildman–Crippen LogP) is 5.24. The summed E-state index contributed by atoms with van der Waals surface area (Å²) in [6.45, 7) is 0. The Labute approximate surface area is 154 Å². The van der Waals surface area contributed by atoms with E-state index in [0.717, 1.165) is 28.0 Å². The van der Waals surface area contributed by atoms with Gasteiger partial charge < -0.3 is 5.32 Å². The minimum absolute atomic E-state index is 0.142. The number of rotatable bonds is 1. The van der Waals surface area contributed by atoms with Crippen LogP contribution in [0.15, 0.2) is 60.9 Å². The van der Waals surface area contributed by atoms with E-state index in [9.17, 15) is 0 Å². The van der Waals surface area contributed by atoms with Crippen LogP contribution in [0.2, 0.25) is 10.2 Å². The van der Waals surface area contributed by atoms with E-state index in [1.807, 2.05) is 36.4 Å². The number of hydrogen-bond donors (Lipinski definition) is 1. The highest BCUT2D eigenvalue weighted by Gasteiger charge is 2.30. The van der Waals surface area contributed by atoms with Crippen molar-refractivity contribution in [2.24, 2.45) is 0 Å². The number of nitrogens with one attached hydrogen (secondary N) is 1. The first kappa shape index (κ1) is 14.8. The number of hydrogen-bond acceptors (Lipinski definition) is 3. The molecule has 3 heterocycles. The predicted molar refractivity (Wildman–Crippen MR) is 101 cm³/mol. The number of anilines is 1. The molecule has 0 radical (unpaired) electrons. The van der Waals surface area contributed by atoms with Crippen LogP contribution in [0.25, 0.3) is 16.7 Å². The van der Waals surface area contributed by atoms with E-state index >= 15 is 0 Å². The van der Waals surface area contributed by atoms with E-state index in [0.29, 0.717) is 15.9 Å². The summed E-state index contributed by atoms with van der Waals surface area (Å²) in [6.07, 6.45) is 1.48. The van der Waals surface area contributed by atoms with Crippen LogP contribution in [-0.2, 0) is 0 Å². The zero-order valence-corrected chi connectivity index (χ0v) is 14.5. The van der Waals surface area contributed by atoms with Gasteiger partial charge >= 0.3 is 0 Å². The minimum Gasteiger partial charge on any atom is -0.367 e. The van der Waals surface area contributed by atoms with Crippen molar-refractivity contribution in [1.82, 2.24) is 14.5 Å². The molecule has 4 aromatic rings. The van der Waals surface area contributed by atoms with Crippen molar-refractivity contribution < 1.29 is 0 Å². The molecule has 6 heteroatoms. The molecule has 4 nitrogen and oxygen atoms in total. The van der Waals surface area contributed by atoms with Crippen LogP contribution in [0.1, 0.15) is 17.3 Å². The number of fused-ring (bicyclic) bond motifs is 5. The molecule has 1 unspecified atom stereocenters. The van der Waals surface area contributed by atoms with Gasteiger partial charge in [-0.3, -0.25) is 4.57 Å². The second-order valence-electron chi connectivity index (χ2n) is 5.93. The number of benzene rings is 2. The largest absolute Gasteiger partial charge is 0.367 e. The minimum atomic E-state index is -0.142. The summed E-state index contributed by atoms with van der Waals surface area (Å²) in [5, 5.41) is 5.71. The Morgan fingerprint density at radius 2 is 1.76 bits per heavy atom. The van der Waals surface area contributed by atoms with Crippen LogP contribution in [0.4, 0.5) is 5.69 Å². The molecule has 1 N–H and O–H groups in total. The zero-order valence-electron chi connectivity index (χ0n) is 12.9. The second-order valence-corrected chi connectivity index (χ2v) is 6.69. The monoisotopic (exact) mass is 366 g/mol. The number of halogens is 2. The molecule has 1 atom stereocenters. The molecule has 25 heavy (non-hydrogen) atoms. The molecular formula is C19H12Cl2N4. The summed E-state index contributed by atoms with van der Waals surface area (Å²) in [5.74, 6) is 0.750. The molecule has 122 valence electrons.